The second-order valence-corrected chi connectivity index (χ2v) is 4.59. The van der Waals surface area contributed by atoms with Crippen LogP contribution in [0, 0.1) is 5.92 Å². The largest absolute Gasteiger partial charge is 0.355 e. The van der Waals surface area contributed by atoms with Crippen molar-refractivity contribution in [3.63, 3.8) is 0 Å². The molecule has 0 bridgehead atoms. The Kier molecular flexibility index (Phi) is 8.40. The molecule has 0 fully saturated rings. The van der Waals surface area contributed by atoms with Gasteiger partial charge < -0.3 is 10.6 Å². The fourth-order valence-electron chi connectivity index (χ4n) is 1.12. The van der Waals surface area contributed by atoms with Crippen molar-refractivity contribution in [2.24, 2.45) is 5.92 Å². The average Bonchev–Trinajstić information content (AvgIpc) is 2.29. The Morgan fingerprint density at radius 1 is 1.12 bits per heavy atom. The number of nitrogens with one attached hydrogen (secondary N) is 3. The highest BCUT2D eigenvalue weighted by molar-refractivity contribution is 5.83. The number of hydrogen-bond donors (Lipinski definition) is 3. The van der Waals surface area contributed by atoms with Gasteiger partial charge in [0.1, 0.15) is 0 Å². The molecule has 100 valence electrons. The zero-order valence-electron chi connectivity index (χ0n) is 11.3. The zero-order valence-corrected chi connectivity index (χ0v) is 11.3. The van der Waals surface area contributed by atoms with Gasteiger partial charge in [0.25, 0.3) is 0 Å². The first-order chi connectivity index (χ1) is 7.97. The molecule has 0 aliphatic heterocycles. The van der Waals surface area contributed by atoms with Gasteiger partial charge in [0, 0.05) is 13.1 Å². The van der Waals surface area contributed by atoms with E-state index in [1.54, 1.807) is 6.92 Å². The first-order valence-electron chi connectivity index (χ1n) is 6.25. The van der Waals surface area contributed by atoms with Crippen molar-refractivity contribution in [3.05, 3.63) is 0 Å². The predicted molar refractivity (Wildman–Crippen MR) is 68.6 cm³/mol. The maximum Gasteiger partial charge on any atom is 0.236 e. The molecule has 1 unspecified atom stereocenters. The lowest BCUT2D eigenvalue weighted by Crippen LogP contribution is -2.46. The lowest BCUT2D eigenvalue weighted by atomic mass is 10.2. The number of amides is 2. The molecular weight excluding hydrogens is 218 g/mol. The van der Waals surface area contributed by atoms with Crippen LogP contribution in [0.25, 0.3) is 0 Å². The molecule has 0 aliphatic carbocycles. The summed E-state index contributed by atoms with van der Waals surface area (Å²) in [6.07, 6.45) is 0.913. The summed E-state index contributed by atoms with van der Waals surface area (Å²) in [6.45, 7) is 9.34. The number of carbonyl (C=O) groups is 2. The topological polar surface area (TPSA) is 70.2 Å². The molecule has 5 nitrogen and oxygen atoms in total. The Bertz CT molecular complexity index is 242. The van der Waals surface area contributed by atoms with E-state index in [0.29, 0.717) is 19.0 Å². The van der Waals surface area contributed by atoms with E-state index in [-0.39, 0.29) is 24.4 Å². The van der Waals surface area contributed by atoms with Crippen LogP contribution < -0.4 is 16.0 Å². The maximum absolute atomic E-state index is 11.6. The number of rotatable bonds is 8. The van der Waals surface area contributed by atoms with E-state index in [0.717, 1.165) is 6.42 Å². The van der Waals surface area contributed by atoms with Crippen molar-refractivity contribution in [2.75, 3.05) is 19.6 Å². The smallest absolute Gasteiger partial charge is 0.236 e. The third-order valence-electron chi connectivity index (χ3n) is 2.22. The summed E-state index contributed by atoms with van der Waals surface area (Å²) in [4.78, 5) is 22.9. The van der Waals surface area contributed by atoms with Gasteiger partial charge in [0.2, 0.25) is 11.8 Å². The minimum Gasteiger partial charge on any atom is -0.355 e. The molecule has 3 N–H and O–H groups in total. The molecule has 0 aromatic carbocycles. The Balaban J connectivity index is 3.73. The van der Waals surface area contributed by atoms with E-state index < -0.39 is 0 Å². The van der Waals surface area contributed by atoms with E-state index >= 15 is 0 Å². The molecule has 0 rings (SSSR count). The van der Waals surface area contributed by atoms with Crippen LogP contribution in [0.3, 0.4) is 0 Å². The summed E-state index contributed by atoms with van der Waals surface area (Å²) in [5.74, 6) is 0.288. The van der Waals surface area contributed by atoms with E-state index in [1.807, 2.05) is 20.8 Å². The van der Waals surface area contributed by atoms with Crippen molar-refractivity contribution in [1.29, 1.82) is 0 Å². The third kappa shape index (κ3) is 8.68. The van der Waals surface area contributed by atoms with Crippen LogP contribution >= 0.6 is 0 Å². The summed E-state index contributed by atoms with van der Waals surface area (Å²) in [7, 11) is 0. The molecule has 0 spiro atoms. The second kappa shape index (κ2) is 8.98. The third-order valence-corrected chi connectivity index (χ3v) is 2.22. The van der Waals surface area contributed by atoms with Crippen molar-refractivity contribution >= 4 is 11.8 Å². The zero-order chi connectivity index (χ0) is 13.3. The van der Waals surface area contributed by atoms with Gasteiger partial charge in [-0.05, 0) is 19.3 Å². The summed E-state index contributed by atoms with van der Waals surface area (Å²) in [5.41, 5.74) is 0. The lowest BCUT2D eigenvalue weighted by molar-refractivity contribution is -0.123. The van der Waals surface area contributed by atoms with Gasteiger partial charge >= 0.3 is 0 Å². The van der Waals surface area contributed by atoms with Crippen molar-refractivity contribution in [3.8, 4) is 0 Å². The van der Waals surface area contributed by atoms with Crippen LogP contribution in [0.4, 0.5) is 0 Å². The molecule has 0 aromatic heterocycles. The standard InChI is InChI=1S/C12H25N3O2/c1-5-6-13-11(16)8-14-10(4)12(17)15-7-9(2)3/h9-10,14H,5-8H2,1-4H3,(H,13,16)(H,15,17). The molecule has 0 saturated carbocycles. The van der Waals surface area contributed by atoms with Crippen LogP contribution in [0.15, 0.2) is 0 Å². The summed E-state index contributed by atoms with van der Waals surface area (Å²) in [5, 5.41) is 8.45. The minimum atomic E-state index is -0.346. The summed E-state index contributed by atoms with van der Waals surface area (Å²) < 4.78 is 0. The van der Waals surface area contributed by atoms with Gasteiger partial charge in [0.15, 0.2) is 0 Å². The average molecular weight is 243 g/mol. The molecule has 17 heavy (non-hydrogen) atoms. The number of carbonyl (C=O) groups excluding carboxylic acids is 2. The van der Waals surface area contributed by atoms with Crippen LogP contribution in [0.5, 0.6) is 0 Å². The van der Waals surface area contributed by atoms with E-state index in [2.05, 4.69) is 16.0 Å². The highest BCUT2D eigenvalue weighted by Gasteiger charge is 2.13. The highest BCUT2D eigenvalue weighted by Crippen LogP contribution is 1.89. The van der Waals surface area contributed by atoms with Gasteiger partial charge in [-0.3, -0.25) is 14.9 Å². The van der Waals surface area contributed by atoms with Crippen molar-refractivity contribution in [1.82, 2.24) is 16.0 Å². The first-order valence-corrected chi connectivity index (χ1v) is 6.25. The number of hydrogen-bond acceptors (Lipinski definition) is 3. The second-order valence-electron chi connectivity index (χ2n) is 4.59. The van der Waals surface area contributed by atoms with Gasteiger partial charge in [-0.25, -0.2) is 0 Å². The van der Waals surface area contributed by atoms with Gasteiger partial charge in [-0.1, -0.05) is 20.8 Å². The molecule has 0 radical (unpaired) electrons. The van der Waals surface area contributed by atoms with Gasteiger partial charge in [0.05, 0.1) is 12.6 Å². The van der Waals surface area contributed by atoms with Crippen LogP contribution in [0.2, 0.25) is 0 Å². The predicted octanol–water partition coefficient (Wildman–Crippen LogP) is 0.263. The van der Waals surface area contributed by atoms with Crippen LogP contribution in [0.1, 0.15) is 34.1 Å². The van der Waals surface area contributed by atoms with E-state index in [9.17, 15) is 9.59 Å². The molecule has 0 saturated heterocycles. The Hall–Kier alpha value is -1.10. The minimum absolute atomic E-state index is 0.0676. The molecule has 0 aromatic rings. The molecule has 2 amide bonds. The van der Waals surface area contributed by atoms with E-state index in [1.165, 1.54) is 0 Å². The normalized spacial score (nSPS) is 12.3. The lowest BCUT2D eigenvalue weighted by Gasteiger charge is -2.14. The molecule has 5 heteroatoms. The quantitative estimate of drug-likeness (QED) is 0.573. The Labute approximate surface area is 104 Å². The van der Waals surface area contributed by atoms with E-state index in [4.69, 9.17) is 0 Å². The summed E-state index contributed by atoms with van der Waals surface area (Å²) >= 11 is 0. The van der Waals surface area contributed by atoms with Crippen molar-refractivity contribution < 1.29 is 9.59 Å². The fraction of sp³-hybridized carbons (Fsp3) is 0.833. The molecule has 0 heterocycles. The Morgan fingerprint density at radius 3 is 2.29 bits per heavy atom. The molecular formula is C12H25N3O2. The maximum atomic E-state index is 11.6. The monoisotopic (exact) mass is 243 g/mol. The van der Waals surface area contributed by atoms with Crippen LogP contribution in [-0.4, -0.2) is 37.5 Å². The fourth-order valence-corrected chi connectivity index (χ4v) is 1.12. The first kappa shape index (κ1) is 15.9. The summed E-state index contributed by atoms with van der Waals surface area (Å²) in [6, 6.07) is -0.346. The SMILES string of the molecule is CCCNC(=O)CNC(C)C(=O)NCC(C)C. The Morgan fingerprint density at radius 2 is 1.76 bits per heavy atom. The highest BCUT2D eigenvalue weighted by atomic mass is 16.2. The van der Waals surface area contributed by atoms with Crippen LogP contribution in [-0.2, 0) is 9.59 Å². The molecule has 1 atom stereocenters. The van der Waals surface area contributed by atoms with Gasteiger partial charge in [-0.15, -0.1) is 0 Å². The van der Waals surface area contributed by atoms with Crippen molar-refractivity contribution in [2.45, 2.75) is 40.2 Å². The molecule has 0 aliphatic rings. The van der Waals surface area contributed by atoms with Gasteiger partial charge in [-0.2, -0.15) is 0 Å².